The molecule has 0 atom stereocenters. The number of alkyl halides is 3. The fourth-order valence-electron chi connectivity index (χ4n) is 2.76. The van der Waals surface area contributed by atoms with Gasteiger partial charge in [-0.05, 0) is 25.1 Å². The van der Waals surface area contributed by atoms with E-state index in [0.29, 0.717) is 5.76 Å². The van der Waals surface area contributed by atoms with Crippen LogP contribution in [-0.4, -0.2) is 31.4 Å². The van der Waals surface area contributed by atoms with E-state index in [0.717, 1.165) is 10.7 Å². The molecule has 30 heavy (non-hydrogen) atoms. The number of rotatable bonds is 7. The Morgan fingerprint density at radius 3 is 2.70 bits per heavy atom. The topological polar surface area (TPSA) is 107 Å². The van der Waals surface area contributed by atoms with Crippen LogP contribution in [0, 0.1) is 6.92 Å². The van der Waals surface area contributed by atoms with E-state index in [4.69, 9.17) is 4.42 Å². The van der Waals surface area contributed by atoms with Gasteiger partial charge in [0, 0.05) is 25.7 Å². The molecule has 160 valence electrons. The van der Waals surface area contributed by atoms with E-state index in [1.807, 2.05) is 0 Å². The van der Waals surface area contributed by atoms with Gasteiger partial charge >= 0.3 is 6.18 Å². The van der Waals surface area contributed by atoms with Crippen LogP contribution in [-0.2, 0) is 31.1 Å². The van der Waals surface area contributed by atoms with E-state index in [9.17, 15) is 22.8 Å². The number of hydrogen-bond donors (Lipinski definition) is 2. The highest BCUT2D eigenvalue weighted by Gasteiger charge is 2.34. The highest BCUT2D eigenvalue weighted by molar-refractivity contribution is 6.02. The van der Waals surface area contributed by atoms with Crippen LogP contribution < -0.4 is 10.6 Å². The Labute approximate surface area is 168 Å². The van der Waals surface area contributed by atoms with Crippen molar-refractivity contribution in [3.8, 4) is 0 Å². The number of amides is 2. The number of hydrogen-bond acceptors (Lipinski definition) is 5. The van der Waals surface area contributed by atoms with Crippen LogP contribution in [0.5, 0.6) is 0 Å². The number of furan rings is 1. The number of carbonyl (C=O) groups is 2. The van der Waals surface area contributed by atoms with Crippen molar-refractivity contribution < 1.29 is 27.2 Å². The first-order valence-corrected chi connectivity index (χ1v) is 8.89. The van der Waals surface area contributed by atoms with Crippen molar-refractivity contribution in [3.63, 3.8) is 0 Å². The van der Waals surface area contributed by atoms with Crippen molar-refractivity contribution in [1.82, 2.24) is 24.9 Å². The predicted octanol–water partition coefficient (Wildman–Crippen LogP) is 2.50. The Morgan fingerprint density at radius 2 is 2.07 bits per heavy atom. The lowest BCUT2D eigenvalue weighted by Gasteiger charge is -2.09. The average Bonchev–Trinajstić information content (AvgIpc) is 3.39. The maximum atomic E-state index is 12.7. The zero-order valence-electron chi connectivity index (χ0n) is 16.2. The number of nitrogens with one attached hydrogen (secondary N) is 2. The van der Waals surface area contributed by atoms with Gasteiger partial charge in [-0.3, -0.25) is 19.0 Å². The van der Waals surface area contributed by atoms with Gasteiger partial charge in [0.05, 0.1) is 24.7 Å². The molecule has 3 aromatic rings. The van der Waals surface area contributed by atoms with Gasteiger partial charge in [-0.2, -0.15) is 23.4 Å². The van der Waals surface area contributed by atoms with Crippen molar-refractivity contribution in [2.75, 3.05) is 5.32 Å². The smallest absolute Gasteiger partial charge is 0.435 e. The molecule has 0 bridgehead atoms. The Morgan fingerprint density at radius 1 is 1.30 bits per heavy atom. The van der Waals surface area contributed by atoms with Gasteiger partial charge in [-0.15, -0.1) is 0 Å². The Bertz CT molecular complexity index is 1040. The van der Waals surface area contributed by atoms with Gasteiger partial charge in [-0.25, -0.2) is 0 Å². The molecule has 0 radical (unpaired) electrons. The van der Waals surface area contributed by atoms with Crippen LogP contribution >= 0.6 is 0 Å². The van der Waals surface area contributed by atoms with Crippen molar-refractivity contribution >= 4 is 17.5 Å². The number of halogens is 3. The minimum Gasteiger partial charge on any atom is -0.467 e. The summed E-state index contributed by atoms with van der Waals surface area (Å²) in [7, 11) is 1.54. The predicted molar refractivity (Wildman–Crippen MR) is 98.3 cm³/mol. The Kier molecular flexibility index (Phi) is 5.94. The van der Waals surface area contributed by atoms with Crippen molar-refractivity contribution in [3.05, 3.63) is 53.5 Å². The Balaban J connectivity index is 1.61. The summed E-state index contributed by atoms with van der Waals surface area (Å²) >= 11 is 0. The summed E-state index contributed by atoms with van der Waals surface area (Å²) < 4.78 is 45.8. The van der Waals surface area contributed by atoms with Crippen molar-refractivity contribution in [1.29, 1.82) is 0 Å². The quantitative estimate of drug-likeness (QED) is 0.606. The van der Waals surface area contributed by atoms with Gasteiger partial charge in [0.2, 0.25) is 5.91 Å². The van der Waals surface area contributed by atoms with Crippen LogP contribution in [0.15, 0.2) is 35.1 Å². The van der Waals surface area contributed by atoms with Crippen molar-refractivity contribution in [2.24, 2.45) is 7.05 Å². The molecule has 3 rings (SSSR count). The maximum Gasteiger partial charge on any atom is 0.435 e. The highest BCUT2D eigenvalue weighted by Crippen LogP contribution is 2.28. The second-order valence-corrected chi connectivity index (χ2v) is 6.48. The van der Waals surface area contributed by atoms with Crippen LogP contribution in [0.4, 0.5) is 18.9 Å². The Hall–Kier alpha value is -3.57. The molecule has 9 nitrogen and oxygen atoms in total. The number of nitrogens with zero attached hydrogens (tertiary/aromatic N) is 4. The van der Waals surface area contributed by atoms with E-state index in [-0.39, 0.29) is 36.6 Å². The summed E-state index contributed by atoms with van der Waals surface area (Å²) in [4.78, 5) is 24.7. The summed E-state index contributed by atoms with van der Waals surface area (Å²) in [5.41, 5.74) is -0.408. The maximum absolute atomic E-state index is 12.7. The summed E-state index contributed by atoms with van der Waals surface area (Å²) in [5, 5.41) is 12.7. The van der Waals surface area contributed by atoms with Crippen LogP contribution in [0.3, 0.4) is 0 Å². The standard InChI is InChI=1S/C18H19F3N6O3/c1-11-8-14(18(19,20)21)25-27(11)6-5-15(28)24-13-10-23-26(2)16(13)17(29)22-9-12-4-3-7-30-12/h3-4,7-8,10H,5-6,9H2,1-2H3,(H,22,29)(H,24,28). The lowest BCUT2D eigenvalue weighted by atomic mass is 10.3. The van der Waals surface area contributed by atoms with E-state index in [1.54, 1.807) is 19.2 Å². The summed E-state index contributed by atoms with van der Waals surface area (Å²) in [6.07, 6.45) is -1.88. The molecule has 0 aliphatic carbocycles. The van der Waals surface area contributed by atoms with Crippen LogP contribution in [0.2, 0.25) is 0 Å². The first-order chi connectivity index (χ1) is 14.1. The van der Waals surface area contributed by atoms with Crippen molar-refractivity contribution in [2.45, 2.75) is 32.6 Å². The fraction of sp³-hybridized carbons (Fsp3) is 0.333. The highest BCUT2D eigenvalue weighted by atomic mass is 19.4. The van der Waals surface area contributed by atoms with E-state index in [2.05, 4.69) is 20.8 Å². The number of carbonyl (C=O) groups excluding carboxylic acids is 2. The van der Waals surface area contributed by atoms with Crippen LogP contribution in [0.1, 0.15) is 34.1 Å². The van der Waals surface area contributed by atoms with E-state index >= 15 is 0 Å². The molecule has 0 saturated heterocycles. The van der Waals surface area contributed by atoms with E-state index < -0.39 is 23.7 Å². The third-order valence-electron chi connectivity index (χ3n) is 4.25. The minimum absolute atomic E-state index is 0.0476. The summed E-state index contributed by atoms with van der Waals surface area (Å²) in [6, 6.07) is 4.31. The zero-order valence-corrected chi connectivity index (χ0v) is 16.2. The first kappa shape index (κ1) is 21.1. The lowest BCUT2D eigenvalue weighted by molar-refractivity contribution is -0.141. The number of aromatic nitrogens is 4. The number of aryl methyl sites for hydroxylation is 3. The molecule has 0 unspecified atom stereocenters. The van der Waals surface area contributed by atoms with Gasteiger partial charge in [0.25, 0.3) is 5.91 Å². The van der Waals surface area contributed by atoms with Gasteiger partial charge in [0.1, 0.15) is 11.5 Å². The van der Waals surface area contributed by atoms with Gasteiger partial charge < -0.3 is 15.1 Å². The third-order valence-corrected chi connectivity index (χ3v) is 4.25. The molecule has 2 N–H and O–H groups in total. The van der Waals surface area contributed by atoms with E-state index in [1.165, 1.54) is 24.1 Å². The second-order valence-electron chi connectivity index (χ2n) is 6.48. The summed E-state index contributed by atoms with van der Waals surface area (Å²) in [6.45, 7) is 1.58. The monoisotopic (exact) mass is 424 g/mol. The molecular formula is C18H19F3N6O3. The molecule has 3 heterocycles. The molecule has 0 fully saturated rings. The first-order valence-electron chi connectivity index (χ1n) is 8.89. The average molecular weight is 424 g/mol. The normalized spacial score (nSPS) is 11.5. The molecular weight excluding hydrogens is 405 g/mol. The molecule has 0 aliphatic rings. The third kappa shape index (κ3) is 4.88. The van der Waals surface area contributed by atoms with Gasteiger partial charge in [-0.1, -0.05) is 0 Å². The molecule has 0 aliphatic heterocycles. The largest absolute Gasteiger partial charge is 0.467 e. The molecule has 12 heteroatoms. The van der Waals surface area contributed by atoms with Gasteiger partial charge in [0.15, 0.2) is 5.69 Å². The number of anilines is 1. The molecule has 0 aromatic carbocycles. The second kappa shape index (κ2) is 8.43. The van der Waals surface area contributed by atoms with Crippen LogP contribution in [0.25, 0.3) is 0 Å². The SMILES string of the molecule is Cc1cc(C(F)(F)F)nn1CCC(=O)Nc1cnn(C)c1C(=O)NCc1ccco1. The molecule has 0 saturated carbocycles. The molecule has 0 spiro atoms. The molecule has 3 aromatic heterocycles. The summed E-state index contributed by atoms with van der Waals surface area (Å²) in [5.74, 6) is -0.407. The zero-order chi connectivity index (χ0) is 21.9. The lowest BCUT2D eigenvalue weighted by Crippen LogP contribution is -2.26. The fourth-order valence-corrected chi connectivity index (χ4v) is 2.76. The molecule has 2 amide bonds. The minimum atomic E-state index is -4.55.